The molecule has 0 aliphatic heterocycles. The molecule has 1 nitrogen and oxygen atoms in total. The van der Waals surface area contributed by atoms with Crippen LogP contribution in [0.4, 0.5) is 13.2 Å². The first-order valence-electron chi connectivity index (χ1n) is 10.8. The molecule has 4 heteroatoms. The average Bonchev–Trinajstić information content (AvgIpc) is 2.85. The Bertz CT molecular complexity index is 1340. The number of benzene rings is 4. The molecule has 0 saturated heterocycles. The minimum atomic E-state index is -0.887. The summed E-state index contributed by atoms with van der Waals surface area (Å²) in [5.41, 5.74) is 3.85. The van der Waals surface area contributed by atoms with Crippen LogP contribution < -0.4 is 4.74 Å². The first-order chi connectivity index (χ1) is 16.5. The third-order valence-electron chi connectivity index (χ3n) is 5.46. The molecule has 0 aromatic heterocycles. The van der Waals surface area contributed by atoms with Crippen LogP contribution in [0.15, 0.2) is 91.5 Å². The minimum Gasteiger partial charge on any atom is -0.489 e. The monoisotopic (exact) mass is 456 g/mol. The van der Waals surface area contributed by atoms with Gasteiger partial charge in [0.15, 0.2) is 11.6 Å². The van der Waals surface area contributed by atoms with E-state index in [0.29, 0.717) is 29.0 Å². The van der Waals surface area contributed by atoms with Crippen molar-refractivity contribution >= 4 is 12.2 Å². The van der Waals surface area contributed by atoms with Gasteiger partial charge in [-0.15, -0.1) is 0 Å². The van der Waals surface area contributed by atoms with Crippen LogP contribution in [-0.2, 0) is 0 Å². The molecule has 0 bridgehead atoms. The van der Waals surface area contributed by atoms with Crippen LogP contribution in [0.5, 0.6) is 5.75 Å². The normalized spacial score (nSPS) is 11.1. The van der Waals surface area contributed by atoms with Crippen LogP contribution in [-0.4, -0.2) is 6.61 Å². The number of hydrogen-bond donors (Lipinski definition) is 0. The van der Waals surface area contributed by atoms with Crippen LogP contribution in [0.3, 0.4) is 0 Å². The molecule has 170 valence electrons. The molecule has 0 fully saturated rings. The molecule has 0 heterocycles. The van der Waals surface area contributed by atoms with E-state index in [0.717, 1.165) is 11.1 Å². The number of rotatable bonds is 7. The van der Waals surface area contributed by atoms with E-state index in [-0.39, 0.29) is 11.1 Å². The highest BCUT2D eigenvalue weighted by molar-refractivity contribution is 5.75. The van der Waals surface area contributed by atoms with Gasteiger partial charge in [0.2, 0.25) is 0 Å². The summed E-state index contributed by atoms with van der Waals surface area (Å²) < 4.78 is 49.3. The van der Waals surface area contributed by atoms with Gasteiger partial charge in [-0.25, -0.2) is 13.2 Å². The fourth-order valence-corrected chi connectivity index (χ4v) is 3.58. The van der Waals surface area contributed by atoms with Gasteiger partial charge < -0.3 is 4.74 Å². The van der Waals surface area contributed by atoms with Gasteiger partial charge in [-0.3, -0.25) is 0 Å². The van der Waals surface area contributed by atoms with Crippen molar-refractivity contribution < 1.29 is 17.9 Å². The Morgan fingerprint density at radius 3 is 1.88 bits per heavy atom. The zero-order valence-corrected chi connectivity index (χ0v) is 18.7. The van der Waals surface area contributed by atoms with Gasteiger partial charge in [-0.2, -0.15) is 0 Å². The quantitative estimate of drug-likeness (QED) is 0.200. The van der Waals surface area contributed by atoms with Gasteiger partial charge in [-0.1, -0.05) is 91.0 Å². The largest absolute Gasteiger partial charge is 0.489 e. The second-order valence-electron chi connectivity index (χ2n) is 7.89. The van der Waals surface area contributed by atoms with E-state index in [4.69, 9.17) is 4.74 Å². The maximum absolute atomic E-state index is 14.9. The Kier molecular flexibility index (Phi) is 6.98. The summed E-state index contributed by atoms with van der Waals surface area (Å²) in [6.45, 7) is 5.81. The average molecular weight is 457 g/mol. The van der Waals surface area contributed by atoms with E-state index in [1.165, 1.54) is 6.07 Å². The third-order valence-corrected chi connectivity index (χ3v) is 5.46. The van der Waals surface area contributed by atoms with Gasteiger partial charge in [0.25, 0.3) is 0 Å². The molecule has 0 atom stereocenters. The third kappa shape index (κ3) is 5.12. The summed E-state index contributed by atoms with van der Waals surface area (Å²) in [5.74, 6) is -1.73. The summed E-state index contributed by atoms with van der Waals surface area (Å²) in [6, 6.07) is 22.1. The summed E-state index contributed by atoms with van der Waals surface area (Å²) in [5, 5.41) is 0. The molecule has 0 radical (unpaired) electrons. The lowest BCUT2D eigenvalue weighted by molar-refractivity contribution is 0.361. The first kappa shape index (κ1) is 23.1. The van der Waals surface area contributed by atoms with E-state index in [9.17, 15) is 13.2 Å². The Morgan fingerprint density at radius 1 is 0.735 bits per heavy atom. The van der Waals surface area contributed by atoms with Crippen molar-refractivity contribution in [2.24, 2.45) is 0 Å². The zero-order chi connectivity index (χ0) is 24.1. The summed E-state index contributed by atoms with van der Waals surface area (Å²) in [7, 11) is 0. The molecule has 0 N–H and O–H groups in total. The van der Waals surface area contributed by atoms with Crippen LogP contribution in [0.2, 0.25) is 0 Å². The SMILES string of the molecule is C=CCOc1ccc(/C=C/c2ccc(-c3ccc(-c4ccc(C)cc4)c(F)c3F)cc2)c(F)c1. The molecule has 0 aliphatic carbocycles. The Labute approximate surface area is 197 Å². The van der Waals surface area contributed by atoms with Gasteiger partial charge in [-0.05, 0) is 35.7 Å². The molecule has 0 amide bonds. The predicted octanol–water partition coefficient (Wildman–Crippen LogP) is 8.48. The fourth-order valence-electron chi connectivity index (χ4n) is 3.58. The van der Waals surface area contributed by atoms with E-state index in [1.807, 2.05) is 19.1 Å². The Balaban J connectivity index is 1.53. The lowest BCUT2D eigenvalue weighted by Crippen LogP contribution is -1.94. The smallest absolute Gasteiger partial charge is 0.167 e. The molecule has 0 unspecified atom stereocenters. The lowest BCUT2D eigenvalue weighted by Gasteiger charge is -2.10. The van der Waals surface area contributed by atoms with Crippen molar-refractivity contribution in [2.75, 3.05) is 6.61 Å². The van der Waals surface area contributed by atoms with Crippen molar-refractivity contribution in [2.45, 2.75) is 6.92 Å². The Morgan fingerprint density at radius 2 is 1.32 bits per heavy atom. The van der Waals surface area contributed by atoms with E-state index < -0.39 is 17.5 Å². The summed E-state index contributed by atoms with van der Waals surface area (Å²) in [4.78, 5) is 0. The van der Waals surface area contributed by atoms with Crippen molar-refractivity contribution in [3.05, 3.63) is 126 Å². The predicted molar refractivity (Wildman–Crippen MR) is 133 cm³/mol. The molecule has 0 spiro atoms. The number of halogens is 3. The second-order valence-corrected chi connectivity index (χ2v) is 7.89. The molecular formula is C30H23F3O. The Hall–Kier alpha value is -4.05. The maximum atomic E-state index is 14.9. The van der Waals surface area contributed by atoms with E-state index in [2.05, 4.69) is 6.58 Å². The van der Waals surface area contributed by atoms with E-state index in [1.54, 1.807) is 78.9 Å². The van der Waals surface area contributed by atoms with Gasteiger partial charge in [0.1, 0.15) is 18.2 Å². The molecular weight excluding hydrogens is 433 g/mol. The van der Waals surface area contributed by atoms with Crippen molar-refractivity contribution in [1.29, 1.82) is 0 Å². The fraction of sp³-hybridized carbons (Fsp3) is 0.0667. The van der Waals surface area contributed by atoms with Gasteiger partial charge >= 0.3 is 0 Å². The van der Waals surface area contributed by atoms with Gasteiger partial charge in [0, 0.05) is 22.8 Å². The molecule has 0 aliphatic rings. The number of aryl methyl sites for hydroxylation is 1. The first-order valence-corrected chi connectivity index (χ1v) is 10.8. The van der Waals surface area contributed by atoms with Crippen LogP contribution >= 0.6 is 0 Å². The number of ether oxygens (including phenoxy) is 1. The number of hydrogen-bond acceptors (Lipinski definition) is 1. The van der Waals surface area contributed by atoms with Gasteiger partial charge in [0.05, 0.1) is 0 Å². The highest BCUT2D eigenvalue weighted by Crippen LogP contribution is 2.32. The van der Waals surface area contributed by atoms with Crippen molar-refractivity contribution in [3.63, 3.8) is 0 Å². The summed E-state index contributed by atoms with van der Waals surface area (Å²) in [6.07, 6.45) is 5.00. The van der Waals surface area contributed by atoms with Crippen molar-refractivity contribution in [1.82, 2.24) is 0 Å². The topological polar surface area (TPSA) is 9.23 Å². The van der Waals surface area contributed by atoms with E-state index >= 15 is 0 Å². The summed E-state index contributed by atoms with van der Waals surface area (Å²) >= 11 is 0. The minimum absolute atomic E-state index is 0.185. The second kappa shape index (κ2) is 10.3. The molecule has 4 rings (SSSR count). The van der Waals surface area contributed by atoms with Crippen LogP contribution in [0.25, 0.3) is 34.4 Å². The van der Waals surface area contributed by atoms with Crippen LogP contribution in [0, 0.1) is 24.4 Å². The van der Waals surface area contributed by atoms with Crippen LogP contribution in [0.1, 0.15) is 16.7 Å². The zero-order valence-electron chi connectivity index (χ0n) is 18.7. The highest BCUT2D eigenvalue weighted by Gasteiger charge is 2.16. The standard InChI is InChI=1S/C30H23F3O/c1-3-18-34-25-15-14-24(28(31)19-25)13-8-21-6-11-23(12-7-21)27-17-16-26(29(32)30(27)33)22-9-4-20(2)5-10-22/h3-17,19H,1,18H2,2H3/b13-8+. The molecule has 34 heavy (non-hydrogen) atoms. The molecule has 0 saturated carbocycles. The molecule has 4 aromatic carbocycles. The highest BCUT2D eigenvalue weighted by atomic mass is 19.2. The molecule has 4 aromatic rings. The van der Waals surface area contributed by atoms with Crippen molar-refractivity contribution in [3.8, 4) is 28.0 Å². The maximum Gasteiger partial charge on any atom is 0.167 e. The lowest BCUT2D eigenvalue weighted by atomic mass is 9.97.